The lowest BCUT2D eigenvalue weighted by Crippen LogP contribution is -2.29. The molecule has 96 valence electrons. The molecular formula is C13H17N3O2. The van der Waals surface area contributed by atoms with E-state index in [1.54, 1.807) is 12.3 Å². The average molecular weight is 247 g/mol. The van der Waals surface area contributed by atoms with Crippen LogP contribution < -0.4 is 10.2 Å². The second-order valence-corrected chi connectivity index (χ2v) is 5.34. The fourth-order valence-corrected chi connectivity index (χ4v) is 3.02. The van der Waals surface area contributed by atoms with Gasteiger partial charge in [-0.3, -0.25) is 4.98 Å². The molecule has 0 saturated carbocycles. The molecule has 1 aromatic rings. The summed E-state index contributed by atoms with van der Waals surface area (Å²) in [7, 11) is 0. The molecule has 2 N–H and O–H groups in total. The maximum absolute atomic E-state index is 10.9. The van der Waals surface area contributed by atoms with Gasteiger partial charge in [-0.05, 0) is 25.5 Å². The van der Waals surface area contributed by atoms with Crippen molar-refractivity contribution in [3.63, 3.8) is 0 Å². The topological polar surface area (TPSA) is 65.5 Å². The molecule has 3 rings (SSSR count). The van der Waals surface area contributed by atoms with Crippen molar-refractivity contribution in [3.05, 3.63) is 24.0 Å². The van der Waals surface area contributed by atoms with Crippen molar-refractivity contribution in [2.45, 2.75) is 12.8 Å². The predicted octanol–water partition coefficient (Wildman–Crippen LogP) is 0.970. The van der Waals surface area contributed by atoms with Crippen molar-refractivity contribution in [1.29, 1.82) is 0 Å². The smallest absolute Gasteiger partial charge is 0.337 e. The zero-order valence-electron chi connectivity index (χ0n) is 10.2. The van der Waals surface area contributed by atoms with Crippen LogP contribution in [0.3, 0.4) is 0 Å². The maximum Gasteiger partial charge on any atom is 0.337 e. The van der Waals surface area contributed by atoms with E-state index in [9.17, 15) is 4.79 Å². The number of carbonyl (C=O) groups is 1. The number of nitrogens with one attached hydrogen (secondary N) is 1. The molecule has 5 nitrogen and oxygen atoms in total. The lowest BCUT2D eigenvalue weighted by Gasteiger charge is -2.23. The van der Waals surface area contributed by atoms with Crippen molar-refractivity contribution < 1.29 is 9.90 Å². The predicted molar refractivity (Wildman–Crippen MR) is 67.9 cm³/mol. The second-order valence-electron chi connectivity index (χ2n) is 5.34. The number of hydrogen-bond donors (Lipinski definition) is 2. The van der Waals surface area contributed by atoms with Crippen LogP contribution >= 0.6 is 0 Å². The van der Waals surface area contributed by atoms with Gasteiger partial charge in [0, 0.05) is 31.2 Å². The Balaban J connectivity index is 1.80. The van der Waals surface area contributed by atoms with Crippen LogP contribution in [0.1, 0.15) is 23.2 Å². The zero-order valence-corrected chi connectivity index (χ0v) is 10.2. The summed E-state index contributed by atoms with van der Waals surface area (Å²) in [5.41, 5.74) is 1.58. The van der Waals surface area contributed by atoms with Gasteiger partial charge in [-0.15, -0.1) is 0 Å². The Hall–Kier alpha value is -1.62. The Kier molecular flexibility index (Phi) is 2.70. The molecule has 0 aliphatic carbocycles. The first-order chi connectivity index (χ1) is 8.69. The van der Waals surface area contributed by atoms with Crippen molar-refractivity contribution in [2.75, 3.05) is 31.1 Å². The van der Waals surface area contributed by atoms with Crippen molar-refractivity contribution in [2.24, 2.45) is 5.41 Å². The quantitative estimate of drug-likeness (QED) is 0.815. The van der Waals surface area contributed by atoms with Gasteiger partial charge in [0.25, 0.3) is 0 Å². The number of carboxylic acids is 1. The first-order valence-corrected chi connectivity index (χ1v) is 6.33. The van der Waals surface area contributed by atoms with Crippen LogP contribution in [0.4, 0.5) is 5.69 Å². The Morgan fingerprint density at radius 3 is 3.06 bits per heavy atom. The van der Waals surface area contributed by atoms with E-state index in [4.69, 9.17) is 5.11 Å². The number of aromatic carboxylic acids is 1. The number of anilines is 1. The summed E-state index contributed by atoms with van der Waals surface area (Å²) in [6.07, 6.45) is 5.55. The molecule has 18 heavy (non-hydrogen) atoms. The van der Waals surface area contributed by atoms with E-state index in [1.807, 2.05) is 0 Å². The summed E-state index contributed by atoms with van der Waals surface area (Å²) in [5.74, 6) is -0.916. The van der Waals surface area contributed by atoms with Crippen LogP contribution in [-0.2, 0) is 0 Å². The molecular weight excluding hydrogens is 230 g/mol. The second kappa shape index (κ2) is 4.24. The standard InChI is InChI=1S/C13H17N3O2/c17-12(18)10-5-11(7-15-6-10)16-4-2-13(9-16)1-3-14-8-13/h5-7,14H,1-4,8-9H2,(H,17,18). The third-order valence-electron chi connectivity index (χ3n) is 4.11. The monoisotopic (exact) mass is 247 g/mol. The molecule has 0 amide bonds. The van der Waals surface area contributed by atoms with Crippen LogP contribution in [0.15, 0.2) is 18.5 Å². The lowest BCUT2D eigenvalue weighted by atomic mass is 9.86. The summed E-state index contributed by atoms with van der Waals surface area (Å²) < 4.78 is 0. The molecule has 1 aromatic heterocycles. The fourth-order valence-electron chi connectivity index (χ4n) is 3.02. The Bertz CT molecular complexity index is 469. The summed E-state index contributed by atoms with van der Waals surface area (Å²) in [5, 5.41) is 12.4. The molecule has 2 fully saturated rings. The minimum atomic E-state index is -0.916. The lowest BCUT2D eigenvalue weighted by molar-refractivity contribution is 0.0696. The number of aromatic nitrogens is 1. The molecule has 1 spiro atoms. The summed E-state index contributed by atoms with van der Waals surface area (Å²) in [6, 6.07) is 1.72. The highest BCUT2D eigenvalue weighted by molar-refractivity contribution is 5.88. The largest absolute Gasteiger partial charge is 0.478 e. The molecule has 0 aromatic carbocycles. The van der Waals surface area contributed by atoms with Gasteiger partial charge in [-0.1, -0.05) is 0 Å². The number of hydrogen-bond acceptors (Lipinski definition) is 4. The van der Waals surface area contributed by atoms with Crippen LogP contribution in [0.5, 0.6) is 0 Å². The summed E-state index contributed by atoms with van der Waals surface area (Å²) in [6.45, 7) is 4.17. The number of rotatable bonds is 2. The molecule has 3 heterocycles. The van der Waals surface area contributed by atoms with E-state index in [0.29, 0.717) is 5.41 Å². The van der Waals surface area contributed by atoms with E-state index < -0.39 is 5.97 Å². The Labute approximate surface area is 106 Å². The first-order valence-electron chi connectivity index (χ1n) is 6.33. The zero-order chi connectivity index (χ0) is 12.6. The van der Waals surface area contributed by atoms with Crippen LogP contribution in [0, 0.1) is 5.41 Å². The van der Waals surface area contributed by atoms with Crippen molar-refractivity contribution >= 4 is 11.7 Å². The Morgan fingerprint density at radius 2 is 2.33 bits per heavy atom. The summed E-state index contributed by atoms with van der Waals surface area (Å²) >= 11 is 0. The minimum Gasteiger partial charge on any atom is -0.478 e. The van der Waals surface area contributed by atoms with Gasteiger partial charge >= 0.3 is 5.97 Å². The maximum atomic E-state index is 10.9. The van der Waals surface area contributed by atoms with E-state index in [0.717, 1.165) is 31.9 Å². The molecule has 0 bridgehead atoms. The highest BCUT2D eigenvalue weighted by atomic mass is 16.4. The van der Waals surface area contributed by atoms with E-state index in [-0.39, 0.29) is 5.56 Å². The molecule has 2 saturated heterocycles. The minimum absolute atomic E-state index is 0.262. The van der Waals surface area contributed by atoms with E-state index >= 15 is 0 Å². The van der Waals surface area contributed by atoms with Gasteiger partial charge in [0.15, 0.2) is 0 Å². The third-order valence-corrected chi connectivity index (χ3v) is 4.11. The van der Waals surface area contributed by atoms with Gasteiger partial charge in [0.1, 0.15) is 0 Å². The van der Waals surface area contributed by atoms with Gasteiger partial charge in [-0.2, -0.15) is 0 Å². The molecule has 2 aliphatic heterocycles. The van der Waals surface area contributed by atoms with E-state index in [1.165, 1.54) is 19.0 Å². The average Bonchev–Trinajstić information content (AvgIpc) is 3.01. The van der Waals surface area contributed by atoms with Gasteiger partial charge in [0.05, 0.1) is 17.4 Å². The molecule has 5 heteroatoms. The third kappa shape index (κ3) is 1.95. The molecule has 1 atom stereocenters. The van der Waals surface area contributed by atoms with Gasteiger partial charge in [0.2, 0.25) is 0 Å². The highest BCUT2D eigenvalue weighted by Crippen LogP contribution is 2.37. The number of carboxylic acid groups (broad SMARTS) is 1. The SMILES string of the molecule is O=C(O)c1cncc(N2CCC3(CCNC3)C2)c1. The molecule has 0 radical (unpaired) electrons. The fraction of sp³-hybridized carbons (Fsp3) is 0.538. The summed E-state index contributed by atoms with van der Waals surface area (Å²) in [4.78, 5) is 17.2. The normalized spacial score (nSPS) is 27.0. The molecule has 1 unspecified atom stereocenters. The van der Waals surface area contributed by atoms with E-state index in [2.05, 4.69) is 15.2 Å². The number of nitrogens with zero attached hydrogens (tertiary/aromatic N) is 2. The first kappa shape index (κ1) is 11.5. The Morgan fingerprint density at radius 1 is 1.44 bits per heavy atom. The highest BCUT2D eigenvalue weighted by Gasteiger charge is 2.40. The molecule has 2 aliphatic rings. The number of pyridine rings is 1. The van der Waals surface area contributed by atoms with Crippen LogP contribution in [0.25, 0.3) is 0 Å². The van der Waals surface area contributed by atoms with Gasteiger partial charge in [-0.25, -0.2) is 4.79 Å². The van der Waals surface area contributed by atoms with Gasteiger partial charge < -0.3 is 15.3 Å². The van der Waals surface area contributed by atoms with Crippen molar-refractivity contribution in [3.8, 4) is 0 Å². The van der Waals surface area contributed by atoms with Crippen molar-refractivity contribution in [1.82, 2.24) is 10.3 Å². The van der Waals surface area contributed by atoms with Crippen LogP contribution in [0.2, 0.25) is 0 Å². The van der Waals surface area contributed by atoms with Crippen LogP contribution in [-0.4, -0.2) is 42.2 Å².